The van der Waals surface area contributed by atoms with Crippen LogP contribution in [0.3, 0.4) is 0 Å². The Morgan fingerprint density at radius 3 is 2.30 bits per heavy atom. The van der Waals surface area contributed by atoms with Crippen LogP contribution >= 0.6 is 11.6 Å². The van der Waals surface area contributed by atoms with Gasteiger partial charge in [-0.15, -0.1) is 0 Å². The molecule has 4 nitrogen and oxygen atoms in total. The van der Waals surface area contributed by atoms with Gasteiger partial charge in [-0.25, -0.2) is 0 Å². The molecule has 0 aromatic heterocycles. The SMILES string of the molecule is O=S(=O)(O)c1ccc(NCc2cccc(Cl)c2)cc1.[NaH]. The van der Waals surface area contributed by atoms with Gasteiger partial charge in [-0.3, -0.25) is 4.55 Å². The molecule has 2 rings (SSSR count). The molecule has 0 amide bonds. The fraction of sp³-hybridized carbons (Fsp3) is 0.0769. The molecule has 102 valence electrons. The van der Waals surface area contributed by atoms with Crippen LogP contribution in [0.5, 0.6) is 0 Å². The van der Waals surface area contributed by atoms with Crippen LogP contribution in [0.15, 0.2) is 53.4 Å². The van der Waals surface area contributed by atoms with Gasteiger partial charge in [0.25, 0.3) is 10.1 Å². The van der Waals surface area contributed by atoms with Gasteiger partial charge in [0.2, 0.25) is 0 Å². The van der Waals surface area contributed by atoms with Crippen molar-refractivity contribution in [3.8, 4) is 0 Å². The van der Waals surface area contributed by atoms with Crippen LogP contribution in [-0.4, -0.2) is 42.5 Å². The molecule has 0 atom stereocenters. The van der Waals surface area contributed by atoms with E-state index in [2.05, 4.69) is 5.32 Å². The molecular weight excluding hydrogens is 309 g/mol. The Balaban J connectivity index is 0.00000200. The van der Waals surface area contributed by atoms with E-state index in [9.17, 15) is 8.42 Å². The third-order valence-electron chi connectivity index (χ3n) is 2.54. The summed E-state index contributed by atoms with van der Waals surface area (Å²) in [5, 5.41) is 3.80. The van der Waals surface area contributed by atoms with E-state index in [0.29, 0.717) is 11.6 Å². The summed E-state index contributed by atoms with van der Waals surface area (Å²) in [6.07, 6.45) is 0. The summed E-state index contributed by atoms with van der Waals surface area (Å²) < 4.78 is 30.6. The van der Waals surface area contributed by atoms with Crippen LogP contribution in [0, 0.1) is 0 Å². The van der Waals surface area contributed by atoms with E-state index in [0.717, 1.165) is 11.3 Å². The van der Waals surface area contributed by atoms with E-state index in [1.54, 1.807) is 18.2 Å². The van der Waals surface area contributed by atoms with Crippen molar-refractivity contribution < 1.29 is 13.0 Å². The molecule has 0 radical (unpaired) electrons. The summed E-state index contributed by atoms with van der Waals surface area (Å²) in [5.41, 5.74) is 1.78. The van der Waals surface area contributed by atoms with E-state index < -0.39 is 10.1 Å². The van der Waals surface area contributed by atoms with E-state index in [-0.39, 0.29) is 34.5 Å². The summed E-state index contributed by atoms with van der Waals surface area (Å²) >= 11 is 5.88. The minimum absolute atomic E-state index is 0. The van der Waals surface area contributed by atoms with Gasteiger partial charge in [-0.1, -0.05) is 23.7 Å². The molecule has 7 heteroatoms. The summed E-state index contributed by atoms with van der Waals surface area (Å²) in [7, 11) is -4.14. The van der Waals surface area contributed by atoms with Gasteiger partial charge in [-0.2, -0.15) is 8.42 Å². The molecule has 0 saturated heterocycles. The van der Waals surface area contributed by atoms with Crippen molar-refractivity contribution in [2.45, 2.75) is 11.4 Å². The fourth-order valence-corrected chi connectivity index (χ4v) is 2.29. The Kier molecular flexibility index (Phi) is 6.51. The number of nitrogens with one attached hydrogen (secondary N) is 1. The predicted molar refractivity (Wildman–Crippen MR) is 82.2 cm³/mol. The van der Waals surface area contributed by atoms with Gasteiger partial charge >= 0.3 is 29.6 Å². The average molecular weight is 322 g/mol. The molecule has 20 heavy (non-hydrogen) atoms. The van der Waals surface area contributed by atoms with Crippen molar-refractivity contribution in [1.82, 2.24) is 0 Å². The molecule has 0 aliphatic heterocycles. The molecule has 0 heterocycles. The molecular formula is C13H13ClNNaO3S. The molecule has 0 fully saturated rings. The predicted octanol–water partition coefficient (Wildman–Crippen LogP) is 2.55. The maximum absolute atomic E-state index is 10.9. The summed E-state index contributed by atoms with van der Waals surface area (Å²) in [4.78, 5) is -0.124. The van der Waals surface area contributed by atoms with Crippen molar-refractivity contribution in [2.75, 3.05) is 5.32 Å². The molecule has 2 N–H and O–H groups in total. The maximum atomic E-state index is 10.9. The molecule has 0 aliphatic carbocycles. The van der Waals surface area contributed by atoms with Gasteiger partial charge in [0.05, 0.1) is 4.90 Å². The van der Waals surface area contributed by atoms with Crippen molar-refractivity contribution in [3.63, 3.8) is 0 Å². The number of hydrogen-bond donors (Lipinski definition) is 2. The van der Waals surface area contributed by atoms with Gasteiger partial charge in [0, 0.05) is 17.3 Å². The van der Waals surface area contributed by atoms with Crippen LogP contribution in [0.25, 0.3) is 0 Å². The molecule has 0 bridgehead atoms. The van der Waals surface area contributed by atoms with Gasteiger partial charge < -0.3 is 5.32 Å². The minimum atomic E-state index is -4.14. The van der Waals surface area contributed by atoms with E-state index in [1.165, 1.54) is 12.1 Å². The topological polar surface area (TPSA) is 66.4 Å². The zero-order valence-electron chi connectivity index (χ0n) is 9.88. The first-order valence-corrected chi connectivity index (χ1v) is 7.33. The number of halogens is 1. The molecule has 0 aliphatic rings. The van der Waals surface area contributed by atoms with Crippen molar-refractivity contribution in [2.24, 2.45) is 0 Å². The van der Waals surface area contributed by atoms with E-state index >= 15 is 0 Å². The van der Waals surface area contributed by atoms with Crippen LogP contribution in [0.2, 0.25) is 5.02 Å². The first-order chi connectivity index (χ1) is 8.95. The monoisotopic (exact) mass is 321 g/mol. The quantitative estimate of drug-likeness (QED) is 0.671. The second-order valence-corrected chi connectivity index (χ2v) is 5.84. The first-order valence-electron chi connectivity index (χ1n) is 5.51. The summed E-state index contributed by atoms with van der Waals surface area (Å²) in [6, 6.07) is 13.3. The zero-order valence-corrected chi connectivity index (χ0v) is 11.4. The molecule has 0 spiro atoms. The molecule has 2 aromatic carbocycles. The van der Waals surface area contributed by atoms with Crippen LogP contribution in [0.4, 0.5) is 5.69 Å². The first kappa shape index (κ1) is 17.5. The summed E-state index contributed by atoms with van der Waals surface area (Å²) in [6.45, 7) is 0.575. The second kappa shape index (κ2) is 7.45. The Labute approximate surface area is 145 Å². The van der Waals surface area contributed by atoms with Crippen LogP contribution < -0.4 is 5.32 Å². The third kappa shape index (κ3) is 5.09. The van der Waals surface area contributed by atoms with Crippen molar-refractivity contribution in [1.29, 1.82) is 0 Å². The average Bonchev–Trinajstić information content (AvgIpc) is 2.36. The third-order valence-corrected chi connectivity index (χ3v) is 3.64. The number of hydrogen-bond acceptors (Lipinski definition) is 3. The Hall–Kier alpha value is -0.560. The molecule has 0 saturated carbocycles. The Bertz CT molecular complexity index is 674. The van der Waals surface area contributed by atoms with Crippen molar-refractivity contribution in [3.05, 3.63) is 59.1 Å². The standard InChI is InChI=1S/C13H12ClNO3S.Na.H/c14-11-3-1-2-10(8-11)9-15-12-4-6-13(7-5-12)19(16,17)18;;/h1-8,15H,9H2,(H,16,17,18);;. The fourth-order valence-electron chi connectivity index (χ4n) is 1.60. The van der Waals surface area contributed by atoms with Gasteiger partial charge in [0.15, 0.2) is 0 Å². The van der Waals surface area contributed by atoms with Gasteiger partial charge in [0.1, 0.15) is 0 Å². The second-order valence-electron chi connectivity index (χ2n) is 3.98. The summed E-state index contributed by atoms with van der Waals surface area (Å²) in [5.74, 6) is 0. The van der Waals surface area contributed by atoms with Crippen LogP contribution in [0.1, 0.15) is 5.56 Å². The normalized spacial score (nSPS) is 10.7. The number of rotatable bonds is 4. The molecule has 2 aromatic rings. The number of anilines is 1. The van der Waals surface area contributed by atoms with E-state index in [1.807, 2.05) is 18.2 Å². The van der Waals surface area contributed by atoms with Gasteiger partial charge in [-0.05, 0) is 42.0 Å². The zero-order chi connectivity index (χ0) is 13.9. The number of benzene rings is 2. The Morgan fingerprint density at radius 1 is 1.10 bits per heavy atom. The Morgan fingerprint density at radius 2 is 1.75 bits per heavy atom. The molecule has 0 unspecified atom stereocenters. The van der Waals surface area contributed by atoms with Crippen LogP contribution in [-0.2, 0) is 16.7 Å². The van der Waals surface area contributed by atoms with Crippen molar-refractivity contribution >= 4 is 57.0 Å². The van der Waals surface area contributed by atoms with E-state index in [4.69, 9.17) is 16.2 Å².